The number of carbonyl (C=O) groups excluding carboxylic acids is 1. The lowest BCUT2D eigenvalue weighted by Crippen LogP contribution is -2.38. The number of rotatable bonds is 3. The molecule has 0 spiro atoms. The zero-order valence-corrected chi connectivity index (χ0v) is 9.73. The fourth-order valence-electron chi connectivity index (χ4n) is 4.70. The van der Waals surface area contributed by atoms with Gasteiger partial charge in [0.05, 0.1) is 0 Å². The summed E-state index contributed by atoms with van der Waals surface area (Å²) in [4.78, 5) is 12.1. The number of hydrogen-bond donors (Lipinski definition) is 0. The van der Waals surface area contributed by atoms with Crippen LogP contribution in [0.1, 0.15) is 59.3 Å². The van der Waals surface area contributed by atoms with Crippen molar-refractivity contribution in [3.05, 3.63) is 0 Å². The second kappa shape index (κ2) is 3.08. The van der Waals surface area contributed by atoms with Gasteiger partial charge in [0.2, 0.25) is 0 Å². The highest BCUT2D eigenvalue weighted by Crippen LogP contribution is 2.68. The smallest absolute Gasteiger partial charge is 0.139 e. The summed E-state index contributed by atoms with van der Waals surface area (Å²) in [5.74, 6) is 1.30. The van der Waals surface area contributed by atoms with E-state index in [-0.39, 0.29) is 5.41 Å². The first kappa shape index (κ1) is 10.2. The molecule has 2 bridgehead atoms. The standard InChI is InChI=1S/C13H22O/c1-4-12(5-2)10-7-8-13(12,6-3)11(14)9-10/h10H,4-9H2,1-3H3. The molecular formula is C13H22O. The third-order valence-corrected chi connectivity index (χ3v) is 5.49. The molecule has 2 aliphatic rings. The largest absolute Gasteiger partial charge is 0.299 e. The van der Waals surface area contributed by atoms with Crippen LogP contribution in [-0.2, 0) is 4.79 Å². The van der Waals surface area contributed by atoms with Crippen molar-refractivity contribution in [3.8, 4) is 0 Å². The van der Waals surface area contributed by atoms with Gasteiger partial charge in [-0.2, -0.15) is 0 Å². The Hall–Kier alpha value is -0.330. The molecule has 14 heavy (non-hydrogen) atoms. The van der Waals surface area contributed by atoms with Crippen LogP contribution in [0.3, 0.4) is 0 Å². The first-order valence-electron chi connectivity index (χ1n) is 6.20. The Bertz CT molecular complexity index is 252. The predicted molar refractivity (Wildman–Crippen MR) is 58.1 cm³/mol. The first-order valence-corrected chi connectivity index (χ1v) is 6.20. The van der Waals surface area contributed by atoms with Crippen LogP contribution in [0, 0.1) is 16.7 Å². The fourth-order valence-corrected chi connectivity index (χ4v) is 4.70. The van der Waals surface area contributed by atoms with E-state index in [1.54, 1.807) is 0 Å². The first-order chi connectivity index (χ1) is 6.66. The molecule has 2 aliphatic carbocycles. The van der Waals surface area contributed by atoms with Gasteiger partial charge in [0.25, 0.3) is 0 Å². The van der Waals surface area contributed by atoms with E-state index in [0.717, 1.165) is 12.8 Å². The highest BCUT2D eigenvalue weighted by Gasteiger charge is 2.65. The Labute approximate surface area is 87.3 Å². The lowest BCUT2D eigenvalue weighted by atomic mass is 9.62. The third kappa shape index (κ3) is 0.844. The van der Waals surface area contributed by atoms with Crippen LogP contribution in [0.4, 0.5) is 0 Å². The van der Waals surface area contributed by atoms with Crippen LogP contribution in [-0.4, -0.2) is 5.78 Å². The van der Waals surface area contributed by atoms with Crippen LogP contribution in [0.25, 0.3) is 0 Å². The van der Waals surface area contributed by atoms with E-state index >= 15 is 0 Å². The zero-order valence-electron chi connectivity index (χ0n) is 9.73. The van der Waals surface area contributed by atoms with Crippen molar-refractivity contribution in [2.75, 3.05) is 0 Å². The second-order valence-corrected chi connectivity index (χ2v) is 5.16. The minimum Gasteiger partial charge on any atom is -0.299 e. The van der Waals surface area contributed by atoms with Crippen LogP contribution in [0.2, 0.25) is 0 Å². The highest BCUT2D eigenvalue weighted by atomic mass is 16.1. The summed E-state index contributed by atoms with van der Waals surface area (Å²) in [6.07, 6.45) is 6.84. The van der Waals surface area contributed by atoms with E-state index in [9.17, 15) is 4.79 Å². The van der Waals surface area contributed by atoms with Gasteiger partial charge >= 0.3 is 0 Å². The van der Waals surface area contributed by atoms with Gasteiger partial charge in [-0.15, -0.1) is 0 Å². The Morgan fingerprint density at radius 2 is 1.86 bits per heavy atom. The minimum absolute atomic E-state index is 0.0845. The van der Waals surface area contributed by atoms with Crippen molar-refractivity contribution < 1.29 is 4.79 Å². The molecule has 0 amide bonds. The molecule has 0 aliphatic heterocycles. The number of ketones is 1. The van der Waals surface area contributed by atoms with Crippen molar-refractivity contribution >= 4 is 5.78 Å². The molecule has 0 aromatic rings. The quantitative estimate of drug-likeness (QED) is 0.671. The van der Waals surface area contributed by atoms with Gasteiger partial charge in [0, 0.05) is 11.8 Å². The molecule has 0 N–H and O–H groups in total. The monoisotopic (exact) mass is 194 g/mol. The lowest BCUT2D eigenvalue weighted by Gasteiger charge is -2.41. The van der Waals surface area contributed by atoms with E-state index in [1.807, 2.05) is 0 Å². The predicted octanol–water partition coefficient (Wildman–Crippen LogP) is 3.57. The molecule has 0 aromatic heterocycles. The maximum absolute atomic E-state index is 12.1. The highest BCUT2D eigenvalue weighted by molar-refractivity contribution is 5.89. The number of fused-ring (bicyclic) bond motifs is 2. The SMILES string of the molecule is CCC12CCC(CC1=O)C2(CC)CC. The van der Waals surface area contributed by atoms with E-state index in [1.165, 1.54) is 25.7 Å². The Morgan fingerprint density at radius 3 is 2.21 bits per heavy atom. The Morgan fingerprint density at radius 1 is 1.21 bits per heavy atom. The molecule has 2 fully saturated rings. The average Bonchev–Trinajstić information content (AvgIpc) is 2.65. The molecule has 0 heterocycles. The topological polar surface area (TPSA) is 17.1 Å². The zero-order chi connectivity index (χ0) is 10.4. The molecule has 2 unspecified atom stereocenters. The maximum atomic E-state index is 12.1. The fraction of sp³-hybridized carbons (Fsp3) is 0.923. The molecule has 1 nitrogen and oxygen atoms in total. The summed E-state index contributed by atoms with van der Waals surface area (Å²) in [6.45, 7) is 6.78. The third-order valence-electron chi connectivity index (χ3n) is 5.49. The van der Waals surface area contributed by atoms with Crippen molar-refractivity contribution in [3.63, 3.8) is 0 Å². The van der Waals surface area contributed by atoms with Crippen molar-refractivity contribution in [1.82, 2.24) is 0 Å². The molecular weight excluding hydrogens is 172 g/mol. The van der Waals surface area contributed by atoms with Crippen LogP contribution in [0.5, 0.6) is 0 Å². The van der Waals surface area contributed by atoms with Gasteiger partial charge in [-0.1, -0.05) is 20.8 Å². The number of hydrogen-bond acceptors (Lipinski definition) is 1. The lowest BCUT2D eigenvalue weighted by molar-refractivity contribution is -0.130. The van der Waals surface area contributed by atoms with Gasteiger partial charge in [0.1, 0.15) is 5.78 Å². The van der Waals surface area contributed by atoms with E-state index in [0.29, 0.717) is 17.1 Å². The maximum Gasteiger partial charge on any atom is 0.139 e. The van der Waals surface area contributed by atoms with Crippen LogP contribution < -0.4 is 0 Å². The van der Waals surface area contributed by atoms with Gasteiger partial charge in [-0.25, -0.2) is 0 Å². The van der Waals surface area contributed by atoms with Gasteiger partial charge < -0.3 is 0 Å². The summed E-state index contributed by atoms with van der Waals surface area (Å²) in [6, 6.07) is 0. The Balaban J connectivity index is 2.46. The second-order valence-electron chi connectivity index (χ2n) is 5.16. The van der Waals surface area contributed by atoms with E-state index < -0.39 is 0 Å². The van der Waals surface area contributed by atoms with Crippen LogP contribution in [0.15, 0.2) is 0 Å². The Kier molecular flexibility index (Phi) is 2.24. The molecule has 2 rings (SSSR count). The van der Waals surface area contributed by atoms with Gasteiger partial charge in [0.15, 0.2) is 0 Å². The summed E-state index contributed by atoms with van der Waals surface area (Å²) in [7, 11) is 0. The summed E-state index contributed by atoms with van der Waals surface area (Å²) >= 11 is 0. The van der Waals surface area contributed by atoms with Gasteiger partial charge in [-0.05, 0) is 43.4 Å². The van der Waals surface area contributed by atoms with Crippen LogP contribution >= 0.6 is 0 Å². The summed E-state index contributed by atoms with van der Waals surface area (Å²) < 4.78 is 0. The van der Waals surface area contributed by atoms with E-state index in [4.69, 9.17) is 0 Å². The molecule has 0 aromatic carbocycles. The van der Waals surface area contributed by atoms with E-state index in [2.05, 4.69) is 20.8 Å². The minimum atomic E-state index is 0.0845. The number of Topliss-reactive ketones (excluding diaryl/α,β-unsaturated/α-hetero) is 1. The number of carbonyl (C=O) groups is 1. The molecule has 2 saturated carbocycles. The molecule has 0 saturated heterocycles. The molecule has 2 atom stereocenters. The molecule has 80 valence electrons. The van der Waals surface area contributed by atoms with Crippen molar-refractivity contribution in [2.45, 2.75) is 59.3 Å². The summed E-state index contributed by atoms with van der Waals surface area (Å²) in [5.41, 5.74) is 0.458. The van der Waals surface area contributed by atoms with Crippen molar-refractivity contribution in [2.24, 2.45) is 16.7 Å². The molecule has 0 radical (unpaired) electrons. The normalized spacial score (nSPS) is 39.4. The van der Waals surface area contributed by atoms with Crippen molar-refractivity contribution in [1.29, 1.82) is 0 Å². The van der Waals surface area contributed by atoms with Gasteiger partial charge in [-0.3, -0.25) is 4.79 Å². The summed E-state index contributed by atoms with van der Waals surface area (Å²) in [5, 5.41) is 0. The average molecular weight is 194 g/mol. The molecule has 1 heteroatoms.